The van der Waals surface area contributed by atoms with Crippen LogP contribution >= 0.6 is 0 Å². The molecule has 1 fully saturated rings. The number of pyridine rings is 1. The fourth-order valence-corrected chi connectivity index (χ4v) is 3.27. The van der Waals surface area contributed by atoms with Crippen molar-refractivity contribution in [2.45, 2.75) is 39.0 Å². The Balaban J connectivity index is 1.75. The van der Waals surface area contributed by atoms with Crippen molar-refractivity contribution < 1.29 is 9.59 Å². The number of hydrogen-bond donors (Lipinski definition) is 1. The van der Waals surface area contributed by atoms with Gasteiger partial charge in [0.15, 0.2) is 0 Å². The van der Waals surface area contributed by atoms with Crippen molar-refractivity contribution in [3.63, 3.8) is 0 Å². The van der Waals surface area contributed by atoms with Gasteiger partial charge in [-0.25, -0.2) is 0 Å². The van der Waals surface area contributed by atoms with Gasteiger partial charge in [0.25, 0.3) is 11.8 Å². The van der Waals surface area contributed by atoms with Gasteiger partial charge in [0.1, 0.15) is 5.69 Å². The zero-order valence-corrected chi connectivity index (χ0v) is 15.2. The smallest absolute Gasteiger partial charge is 0.272 e. The molecule has 2 aromatic rings. The molecule has 0 aliphatic carbocycles. The molecule has 1 aromatic heterocycles. The molecular formula is C21H25N3O2. The maximum Gasteiger partial charge on any atom is 0.272 e. The second kappa shape index (κ2) is 8.61. The molecule has 0 unspecified atom stereocenters. The van der Waals surface area contributed by atoms with E-state index < -0.39 is 0 Å². The van der Waals surface area contributed by atoms with Crippen molar-refractivity contribution in [2.24, 2.45) is 0 Å². The molecule has 0 atom stereocenters. The SMILES string of the molecule is CCc1ccccc1NC(=O)c1ccnc(C(=O)N2CCCCCC2)c1. The lowest BCUT2D eigenvalue weighted by atomic mass is 10.1. The van der Waals surface area contributed by atoms with E-state index in [1.807, 2.05) is 29.2 Å². The molecule has 0 bridgehead atoms. The van der Waals surface area contributed by atoms with E-state index in [1.54, 1.807) is 12.1 Å². The molecule has 5 heteroatoms. The minimum Gasteiger partial charge on any atom is -0.337 e. The average molecular weight is 351 g/mol. The van der Waals surface area contributed by atoms with Gasteiger partial charge < -0.3 is 10.2 Å². The quantitative estimate of drug-likeness (QED) is 0.908. The first-order valence-corrected chi connectivity index (χ1v) is 9.33. The molecule has 0 radical (unpaired) electrons. The zero-order valence-electron chi connectivity index (χ0n) is 15.2. The number of aromatic nitrogens is 1. The molecule has 3 rings (SSSR count). The largest absolute Gasteiger partial charge is 0.337 e. The molecule has 26 heavy (non-hydrogen) atoms. The van der Waals surface area contributed by atoms with Crippen LogP contribution in [0.2, 0.25) is 0 Å². The van der Waals surface area contributed by atoms with Crippen molar-refractivity contribution in [1.82, 2.24) is 9.88 Å². The number of aryl methyl sites for hydroxylation is 1. The van der Waals surface area contributed by atoms with Crippen molar-refractivity contribution in [2.75, 3.05) is 18.4 Å². The lowest BCUT2D eigenvalue weighted by molar-refractivity contribution is 0.0755. The van der Waals surface area contributed by atoms with Crippen molar-refractivity contribution in [3.05, 3.63) is 59.4 Å². The van der Waals surface area contributed by atoms with Crippen molar-refractivity contribution in [3.8, 4) is 0 Å². The predicted molar refractivity (Wildman–Crippen MR) is 102 cm³/mol. The Hall–Kier alpha value is -2.69. The number of likely N-dealkylation sites (tertiary alicyclic amines) is 1. The number of para-hydroxylation sites is 1. The second-order valence-corrected chi connectivity index (χ2v) is 6.60. The van der Waals surface area contributed by atoms with E-state index in [0.717, 1.165) is 56.4 Å². The average Bonchev–Trinajstić information content (AvgIpc) is 2.97. The van der Waals surface area contributed by atoms with Gasteiger partial charge in [0, 0.05) is 30.5 Å². The summed E-state index contributed by atoms with van der Waals surface area (Å²) in [5, 5.41) is 2.94. The normalized spacial score (nSPS) is 14.6. The first-order chi connectivity index (χ1) is 12.7. The number of nitrogens with one attached hydrogen (secondary N) is 1. The highest BCUT2D eigenvalue weighted by molar-refractivity contribution is 6.06. The number of nitrogens with zero attached hydrogens (tertiary/aromatic N) is 2. The van der Waals surface area contributed by atoms with Crippen LogP contribution in [0.5, 0.6) is 0 Å². The van der Waals surface area contributed by atoms with E-state index in [4.69, 9.17) is 0 Å². The number of anilines is 1. The van der Waals surface area contributed by atoms with Gasteiger partial charge in [0.05, 0.1) is 0 Å². The Morgan fingerprint density at radius 3 is 2.54 bits per heavy atom. The number of rotatable bonds is 4. The fourth-order valence-electron chi connectivity index (χ4n) is 3.27. The standard InChI is InChI=1S/C21H25N3O2/c1-2-16-9-5-6-10-18(16)23-20(25)17-11-12-22-19(15-17)21(26)24-13-7-3-4-8-14-24/h5-6,9-12,15H,2-4,7-8,13-14H2,1H3,(H,23,25). The first kappa shape index (κ1) is 18.1. The maximum atomic E-state index is 12.7. The number of benzene rings is 1. The fraction of sp³-hybridized carbons (Fsp3) is 0.381. The summed E-state index contributed by atoms with van der Waals surface area (Å²) < 4.78 is 0. The molecule has 1 saturated heterocycles. The topological polar surface area (TPSA) is 62.3 Å². The van der Waals surface area contributed by atoms with Crippen LogP contribution in [0.25, 0.3) is 0 Å². The summed E-state index contributed by atoms with van der Waals surface area (Å²) in [5.74, 6) is -0.311. The van der Waals surface area contributed by atoms with E-state index >= 15 is 0 Å². The lowest BCUT2D eigenvalue weighted by Crippen LogP contribution is -2.32. The summed E-state index contributed by atoms with van der Waals surface area (Å²) in [6, 6.07) is 11.0. The Morgan fingerprint density at radius 1 is 1.08 bits per heavy atom. The van der Waals surface area contributed by atoms with Gasteiger partial charge in [0.2, 0.25) is 0 Å². The van der Waals surface area contributed by atoms with Crippen LogP contribution in [0.1, 0.15) is 59.0 Å². The molecule has 5 nitrogen and oxygen atoms in total. The molecular weight excluding hydrogens is 326 g/mol. The van der Waals surface area contributed by atoms with E-state index in [2.05, 4.69) is 17.2 Å². The molecule has 1 aromatic carbocycles. The van der Waals surface area contributed by atoms with Crippen LogP contribution in [-0.4, -0.2) is 34.8 Å². The minimum atomic E-state index is -0.224. The summed E-state index contributed by atoms with van der Waals surface area (Å²) in [4.78, 5) is 31.4. The third-order valence-corrected chi connectivity index (χ3v) is 4.78. The predicted octanol–water partition coefficient (Wildman–Crippen LogP) is 3.91. The molecule has 2 amide bonds. The van der Waals surface area contributed by atoms with E-state index in [1.165, 1.54) is 6.20 Å². The lowest BCUT2D eigenvalue weighted by Gasteiger charge is -2.19. The highest BCUT2D eigenvalue weighted by atomic mass is 16.2. The number of amides is 2. The molecule has 0 spiro atoms. The number of carbonyl (C=O) groups excluding carboxylic acids is 2. The van der Waals surface area contributed by atoms with Crippen LogP contribution in [0.15, 0.2) is 42.6 Å². The molecule has 1 aliphatic rings. The van der Waals surface area contributed by atoms with E-state index in [0.29, 0.717) is 11.3 Å². The van der Waals surface area contributed by atoms with Gasteiger partial charge in [-0.3, -0.25) is 14.6 Å². The van der Waals surface area contributed by atoms with Gasteiger partial charge in [-0.2, -0.15) is 0 Å². The first-order valence-electron chi connectivity index (χ1n) is 9.33. The Kier molecular flexibility index (Phi) is 6.00. The highest BCUT2D eigenvalue weighted by Crippen LogP contribution is 2.17. The van der Waals surface area contributed by atoms with Gasteiger partial charge in [-0.05, 0) is 43.0 Å². The van der Waals surface area contributed by atoms with Gasteiger partial charge in [-0.15, -0.1) is 0 Å². The Bertz CT molecular complexity index is 780. The molecule has 0 saturated carbocycles. The minimum absolute atomic E-state index is 0.0875. The van der Waals surface area contributed by atoms with Crippen LogP contribution < -0.4 is 5.32 Å². The Morgan fingerprint density at radius 2 is 1.81 bits per heavy atom. The molecule has 2 heterocycles. The van der Waals surface area contributed by atoms with E-state index in [9.17, 15) is 9.59 Å². The van der Waals surface area contributed by atoms with Crippen molar-refractivity contribution in [1.29, 1.82) is 0 Å². The molecule has 1 N–H and O–H groups in total. The number of carbonyl (C=O) groups is 2. The number of hydrogen-bond acceptors (Lipinski definition) is 3. The molecule has 1 aliphatic heterocycles. The Labute approximate surface area is 154 Å². The maximum absolute atomic E-state index is 12.7. The van der Waals surface area contributed by atoms with Crippen LogP contribution in [-0.2, 0) is 6.42 Å². The van der Waals surface area contributed by atoms with Crippen LogP contribution in [0, 0.1) is 0 Å². The molecule has 136 valence electrons. The summed E-state index contributed by atoms with van der Waals surface area (Å²) in [5.41, 5.74) is 2.67. The summed E-state index contributed by atoms with van der Waals surface area (Å²) in [6.07, 6.45) is 6.75. The zero-order chi connectivity index (χ0) is 18.4. The monoisotopic (exact) mass is 351 g/mol. The van der Waals surface area contributed by atoms with Crippen molar-refractivity contribution >= 4 is 17.5 Å². The van der Waals surface area contributed by atoms with Gasteiger partial charge in [-0.1, -0.05) is 38.0 Å². The second-order valence-electron chi connectivity index (χ2n) is 6.60. The van der Waals surface area contributed by atoms with Gasteiger partial charge >= 0.3 is 0 Å². The third-order valence-electron chi connectivity index (χ3n) is 4.78. The van der Waals surface area contributed by atoms with Crippen LogP contribution in [0.4, 0.5) is 5.69 Å². The summed E-state index contributed by atoms with van der Waals surface area (Å²) in [7, 11) is 0. The third kappa shape index (κ3) is 4.28. The highest BCUT2D eigenvalue weighted by Gasteiger charge is 2.19. The van der Waals surface area contributed by atoms with E-state index in [-0.39, 0.29) is 11.8 Å². The summed E-state index contributed by atoms with van der Waals surface area (Å²) >= 11 is 0. The van der Waals surface area contributed by atoms with Crippen LogP contribution in [0.3, 0.4) is 0 Å². The summed E-state index contributed by atoms with van der Waals surface area (Å²) in [6.45, 7) is 3.58.